The third-order valence-corrected chi connectivity index (χ3v) is 3.44. The van der Waals surface area contributed by atoms with Crippen LogP contribution in [0, 0.1) is 11.6 Å². The number of rotatable bonds is 8. The van der Waals surface area contributed by atoms with Crippen molar-refractivity contribution in [1.82, 2.24) is 5.32 Å². The summed E-state index contributed by atoms with van der Waals surface area (Å²) in [4.78, 5) is 24.0. The number of anilines is 1. The minimum Gasteiger partial charge on any atom is -0.493 e. The fraction of sp³-hybridized carbons (Fsp3) is 0.263. The molecule has 0 aliphatic carbocycles. The van der Waals surface area contributed by atoms with E-state index in [1.165, 1.54) is 0 Å². The highest BCUT2D eigenvalue weighted by atomic mass is 19.1. The van der Waals surface area contributed by atoms with E-state index in [0.29, 0.717) is 24.3 Å². The van der Waals surface area contributed by atoms with Crippen molar-refractivity contribution in [2.24, 2.45) is 0 Å². The first-order valence-corrected chi connectivity index (χ1v) is 8.25. The Kier molecular flexibility index (Phi) is 7.08. The summed E-state index contributed by atoms with van der Waals surface area (Å²) < 4.78 is 31.5. The van der Waals surface area contributed by atoms with E-state index in [1.807, 2.05) is 6.92 Å². The summed E-state index contributed by atoms with van der Waals surface area (Å²) >= 11 is 0. The second-order valence-electron chi connectivity index (χ2n) is 5.49. The maximum atomic E-state index is 13.1. The number of ether oxygens (including phenoxy) is 1. The zero-order chi connectivity index (χ0) is 18.9. The molecule has 0 saturated heterocycles. The number of halogens is 2. The number of carbonyl (C=O) groups excluding carboxylic acids is 2. The van der Waals surface area contributed by atoms with Gasteiger partial charge in [0.25, 0.3) is 5.91 Å². The van der Waals surface area contributed by atoms with Crippen LogP contribution in [0.3, 0.4) is 0 Å². The normalized spacial score (nSPS) is 10.3. The van der Waals surface area contributed by atoms with E-state index < -0.39 is 11.6 Å². The Hall–Kier alpha value is -2.96. The molecular weight excluding hydrogens is 342 g/mol. The first-order valence-electron chi connectivity index (χ1n) is 8.25. The highest BCUT2D eigenvalue weighted by molar-refractivity contribution is 5.97. The van der Waals surface area contributed by atoms with Crippen molar-refractivity contribution in [1.29, 1.82) is 0 Å². The van der Waals surface area contributed by atoms with Gasteiger partial charge in [0.1, 0.15) is 17.4 Å². The number of amides is 2. The van der Waals surface area contributed by atoms with Gasteiger partial charge in [0.05, 0.1) is 12.2 Å². The third-order valence-electron chi connectivity index (χ3n) is 3.44. The van der Waals surface area contributed by atoms with Gasteiger partial charge in [-0.05, 0) is 37.6 Å². The average molecular weight is 362 g/mol. The van der Waals surface area contributed by atoms with Gasteiger partial charge in [-0.1, -0.05) is 12.1 Å². The monoisotopic (exact) mass is 362 g/mol. The third kappa shape index (κ3) is 5.84. The van der Waals surface area contributed by atoms with E-state index in [1.54, 1.807) is 24.3 Å². The van der Waals surface area contributed by atoms with Crippen LogP contribution in [0.25, 0.3) is 0 Å². The first kappa shape index (κ1) is 19.4. The molecule has 138 valence electrons. The lowest BCUT2D eigenvalue weighted by Gasteiger charge is -2.10. The minimum atomic E-state index is -0.763. The molecule has 2 N–H and O–H groups in total. The number of benzene rings is 2. The van der Waals surface area contributed by atoms with Crippen LogP contribution in [-0.2, 0) is 4.79 Å². The molecule has 0 unspecified atom stereocenters. The predicted molar refractivity (Wildman–Crippen MR) is 94.2 cm³/mol. The van der Waals surface area contributed by atoms with E-state index in [0.717, 1.165) is 18.2 Å². The van der Waals surface area contributed by atoms with Gasteiger partial charge in [-0.25, -0.2) is 8.78 Å². The van der Waals surface area contributed by atoms with Gasteiger partial charge in [0, 0.05) is 24.7 Å². The van der Waals surface area contributed by atoms with Crippen LogP contribution in [0.1, 0.15) is 30.1 Å². The second kappa shape index (κ2) is 9.50. The molecule has 0 aliphatic heterocycles. The van der Waals surface area contributed by atoms with Crippen molar-refractivity contribution >= 4 is 17.5 Å². The van der Waals surface area contributed by atoms with E-state index in [9.17, 15) is 18.4 Å². The van der Waals surface area contributed by atoms with Crippen LogP contribution in [0.15, 0.2) is 42.5 Å². The Morgan fingerprint density at radius 2 is 1.77 bits per heavy atom. The maximum Gasteiger partial charge on any atom is 0.255 e. The van der Waals surface area contributed by atoms with E-state index in [4.69, 9.17) is 4.74 Å². The molecular formula is C19H20F2N2O3. The van der Waals surface area contributed by atoms with Gasteiger partial charge in [-0.3, -0.25) is 9.59 Å². The zero-order valence-electron chi connectivity index (χ0n) is 14.4. The molecule has 2 aromatic carbocycles. The highest BCUT2D eigenvalue weighted by Crippen LogP contribution is 2.17. The smallest absolute Gasteiger partial charge is 0.255 e. The SMILES string of the molecule is CCOc1ccccc1C(=O)NCCCC(=O)Nc1cc(F)cc(F)c1. The second-order valence-corrected chi connectivity index (χ2v) is 5.49. The van der Waals surface area contributed by atoms with Crippen molar-refractivity contribution in [3.05, 3.63) is 59.7 Å². The molecule has 7 heteroatoms. The summed E-state index contributed by atoms with van der Waals surface area (Å²) in [5.74, 6) is -1.71. The Morgan fingerprint density at radius 1 is 1.08 bits per heavy atom. The fourth-order valence-corrected chi connectivity index (χ4v) is 2.33. The molecule has 0 bridgehead atoms. The van der Waals surface area contributed by atoms with Crippen molar-refractivity contribution < 1.29 is 23.1 Å². The van der Waals surface area contributed by atoms with Crippen molar-refractivity contribution in [3.63, 3.8) is 0 Å². The Morgan fingerprint density at radius 3 is 2.46 bits per heavy atom. The first-order chi connectivity index (χ1) is 12.5. The van der Waals surface area contributed by atoms with E-state index >= 15 is 0 Å². The molecule has 26 heavy (non-hydrogen) atoms. The highest BCUT2D eigenvalue weighted by Gasteiger charge is 2.11. The maximum absolute atomic E-state index is 13.1. The fourth-order valence-electron chi connectivity index (χ4n) is 2.33. The quantitative estimate of drug-likeness (QED) is 0.706. The molecule has 2 rings (SSSR count). The van der Waals surface area contributed by atoms with E-state index in [2.05, 4.69) is 10.6 Å². The zero-order valence-corrected chi connectivity index (χ0v) is 14.4. The van der Waals surface area contributed by atoms with Crippen molar-refractivity contribution in [2.75, 3.05) is 18.5 Å². The van der Waals surface area contributed by atoms with Crippen LogP contribution in [-0.4, -0.2) is 25.0 Å². The molecule has 0 atom stereocenters. The van der Waals surface area contributed by atoms with Gasteiger partial charge in [0.2, 0.25) is 5.91 Å². The number of nitrogens with one attached hydrogen (secondary N) is 2. The van der Waals surface area contributed by atoms with Crippen LogP contribution in [0.4, 0.5) is 14.5 Å². The van der Waals surface area contributed by atoms with Crippen molar-refractivity contribution in [2.45, 2.75) is 19.8 Å². The molecule has 2 aromatic rings. The van der Waals surface area contributed by atoms with E-state index in [-0.39, 0.29) is 30.5 Å². The molecule has 5 nitrogen and oxygen atoms in total. The summed E-state index contributed by atoms with van der Waals surface area (Å²) in [5.41, 5.74) is 0.483. The molecule has 0 heterocycles. The molecule has 0 radical (unpaired) electrons. The van der Waals surface area contributed by atoms with Crippen molar-refractivity contribution in [3.8, 4) is 5.75 Å². The Labute approximate surface area is 150 Å². The Balaban J connectivity index is 1.77. The summed E-state index contributed by atoms with van der Waals surface area (Å²) in [6.45, 7) is 2.56. The van der Waals surface area contributed by atoms with Gasteiger partial charge in [-0.15, -0.1) is 0 Å². The topological polar surface area (TPSA) is 67.4 Å². The minimum absolute atomic E-state index is 0.0576. The van der Waals surface area contributed by atoms with Gasteiger partial charge < -0.3 is 15.4 Å². The summed E-state index contributed by atoms with van der Waals surface area (Å²) in [5, 5.41) is 5.13. The molecule has 2 amide bonds. The van der Waals surface area contributed by atoms with Gasteiger partial charge in [0.15, 0.2) is 0 Å². The lowest BCUT2D eigenvalue weighted by atomic mass is 10.2. The van der Waals surface area contributed by atoms with Gasteiger partial charge in [-0.2, -0.15) is 0 Å². The molecule has 0 aromatic heterocycles. The summed E-state index contributed by atoms with van der Waals surface area (Å²) in [7, 11) is 0. The van der Waals surface area contributed by atoms with Crippen LogP contribution in [0.2, 0.25) is 0 Å². The largest absolute Gasteiger partial charge is 0.493 e. The van der Waals surface area contributed by atoms with Gasteiger partial charge >= 0.3 is 0 Å². The molecule has 0 aliphatic rings. The lowest BCUT2D eigenvalue weighted by molar-refractivity contribution is -0.116. The summed E-state index contributed by atoms with van der Waals surface area (Å²) in [6, 6.07) is 9.69. The number of hydrogen-bond acceptors (Lipinski definition) is 3. The Bertz CT molecular complexity index is 761. The average Bonchev–Trinajstić information content (AvgIpc) is 2.58. The molecule has 0 saturated carbocycles. The molecule has 0 fully saturated rings. The summed E-state index contributed by atoms with van der Waals surface area (Å²) in [6.07, 6.45) is 0.484. The van der Waals surface area contributed by atoms with Crippen LogP contribution in [0.5, 0.6) is 5.75 Å². The number of carbonyl (C=O) groups is 2. The predicted octanol–water partition coefficient (Wildman–Crippen LogP) is 3.51. The van der Waals surface area contributed by atoms with Crippen LogP contribution < -0.4 is 15.4 Å². The van der Waals surface area contributed by atoms with Crippen LogP contribution >= 0.6 is 0 Å². The number of para-hydroxylation sites is 1. The number of hydrogen-bond donors (Lipinski definition) is 2. The lowest BCUT2D eigenvalue weighted by Crippen LogP contribution is -2.26. The molecule has 0 spiro atoms. The standard InChI is InChI=1S/C19H20F2N2O3/c1-2-26-17-7-4-3-6-16(17)19(25)22-9-5-8-18(24)23-15-11-13(20)10-14(21)12-15/h3-4,6-7,10-12H,2,5,8-9H2,1H3,(H,22,25)(H,23,24).